The van der Waals surface area contributed by atoms with Gasteiger partial charge in [-0.2, -0.15) is 0 Å². The van der Waals surface area contributed by atoms with Gasteiger partial charge in [0.2, 0.25) is 0 Å². The Morgan fingerprint density at radius 2 is 1.33 bits per heavy atom. The van der Waals surface area contributed by atoms with Crippen LogP contribution in [0.5, 0.6) is 0 Å². The molecular formula is C21H17NO4S. The third-order valence-electron chi connectivity index (χ3n) is 3.91. The third-order valence-corrected chi connectivity index (χ3v) is 4.65. The molecule has 0 aromatic heterocycles. The molecule has 27 heavy (non-hydrogen) atoms. The van der Waals surface area contributed by atoms with Gasteiger partial charge in [0.1, 0.15) is 0 Å². The lowest BCUT2D eigenvalue weighted by Crippen LogP contribution is -2.19. The number of hydrogen-bond donors (Lipinski definition) is 2. The summed E-state index contributed by atoms with van der Waals surface area (Å²) in [5.74, 6) is -1.03. The van der Waals surface area contributed by atoms with Crippen molar-refractivity contribution in [2.24, 2.45) is 0 Å². The van der Waals surface area contributed by atoms with Gasteiger partial charge in [0.25, 0.3) is 11.3 Å². The number of benzene rings is 3. The average molecular weight is 379 g/mol. The van der Waals surface area contributed by atoms with Gasteiger partial charge in [0.15, 0.2) is 0 Å². The van der Waals surface area contributed by atoms with Gasteiger partial charge in [-0.1, -0.05) is 54.6 Å². The molecule has 0 aliphatic heterocycles. The zero-order valence-corrected chi connectivity index (χ0v) is 15.0. The van der Waals surface area contributed by atoms with Crippen LogP contribution in [-0.4, -0.2) is 19.8 Å². The maximum absolute atomic E-state index is 11.9. The van der Waals surface area contributed by atoms with Gasteiger partial charge in [-0.25, -0.2) is 13.3 Å². The van der Waals surface area contributed by atoms with Crippen molar-refractivity contribution in [3.63, 3.8) is 0 Å². The summed E-state index contributed by atoms with van der Waals surface area (Å²) in [6.45, 7) is 0. The quantitative estimate of drug-likeness (QED) is 0.480. The summed E-state index contributed by atoms with van der Waals surface area (Å²) in [4.78, 5) is 10.6. The molecule has 136 valence electrons. The molecule has 0 spiro atoms. The summed E-state index contributed by atoms with van der Waals surface area (Å²) >= 11 is -2.25. The second kappa shape index (κ2) is 8.44. The lowest BCUT2D eigenvalue weighted by molar-refractivity contribution is -0.131. The van der Waals surface area contributed by atoms with E-state index in [0.717, 1.165) is 17.2 Å². The predicted molar refractivity (Wildman–Crippen MR) is 108 cm³/mol. The molecule has 3 aromatic rings. The van der Waals surface area contributed by atoms with Gasteiger partial charge in [-0.05, 0) is 47.0 Å². The van der Waals surface area contributed by atoms with Crippen LogP contribution in [0.3, 0.4) is 0 Å². The Morgan fingerprint density at radius 1 is 0.815 bits per heavy atom. The number of rotatable bonds is 6. The first-order chi connectivity index (χ1) is 13.0. The number of carboxylic acid groups (broad SMARTS) is 1. The molecule has 6 heteroatoms. The Morgan fingerprint density at radius 3 is 1.85 bits per heavy atom. The maximum atomic E-state index is 11.9. The van der Waals surface area contributed by atoms with E-state index in [-0.39, 0.29) is 0 Å². The van der Waals surface area contributed by atoms with Crippen LogP contribution in [-0.2, 0) is 16.1 Å². The summed E-state index contributed by atoms with van der Waals surface area (Å²) < 4.78 is 22.9. The zero-order valence-electron chi connectivity index (χ0n) is 14.2. The average Bonchev–Trinajstić information content (AvgIpc) is 2.68. The fraction of sp³-hybridized carbons (Fsp3) is 0. The van der Waals surface area contributed by atoms with Crippen molar-refractivity contribution in [3.8, 4) is 11.1 Å². The van der Waals surface area contributed by atoms with E-state index in [0.29, 0.717) is 16.9 Å². The van der Waals surface area contributed by atoms with Crippen LogP contribution in [0.2, 0.25) is 0 Å². The first-order valence-corrected chi connectivity index (χ1v) is 9.18. The molecule has 0 fully saturated rings. The van der Waals surface area contributed by atoms with E-state index >= 15 is 0 Å². The topological polar surface area (TPSA) is 77.8 Å². The molecule has 0 bridgehead atoms. The minimum absolute atomic E-state index is 0.524. The van der Waals surface area contributed by atoms with Crippen LogP contribution < -0.4 is 4.31 Å². The molecule has 3 aromatic carbocycles. The van der Waals surface area contributed by atoms with Crippen LogP contribution in [0, 0.1) is 0 Å². The SMILES string of the molecule is O=C(O)C=Cc1ccc(N(c2ccc(-c3ccccc3)cc2)S(=O)O)cc1. The van der Waals surface area contributed by atoms with Gasteiger partial charge in [0.05, 0.1) is 11.4 Å². The smallest absolute Gasteiger partial charge is 0.328 e. The molecule has 0 radical (unpaired) electrons. The number of anilines is 2. The molecule has 0 heterocycles. The van der Waals surface area contributed by atoms with E-state index < -0.39 is 17.2 Å². The van der Waals surface area contributed by atoms with E-state index in [1.165, 1.54) is 10.4 Å². The molecule has 0 aliphatic rings. The van der Waals surface area contributed by atoms with Crippen molar-refractivity contribution in [1.29, 1.82) is 0 Å². The molecule has 3 rings (SSSR count). The molecule has 2 N–H and O–H groups in total. The second-order valence-electron chi connectivity index (χ2n) is 5.70. The summed E-state index contributed by atoms with van der Waals surface area (Å²) in [5.41, 5.74) is 3.86. The maximum Gasteiger partial charge on any atom is 0.328 e. The van der Waals surface area contributed by atoms with Gasteiger partial charge in [0, 0.05) is 6.08 Å². The van der Waals surface area contributed by atoms with Crippen molar-refractivity contribution in [2.75, 3.05) is 4.31 Å². The minimum atomic E-state index is -2.25. The second-order valence-corrected chi connectivity index (χ2v) is 6.53. The number of nitrogens with zero attached hydrogens (tertiary/aromatic N) is 1. The van der Waals surface area contributed by atoms with Gasteiger partial charge >= 0.3 is 5.97 Å². The molecule has 0 saturated heterocycles. The van der Waals surface area contributed by atoms with E-state index in [1.54, 1.807) is 36.4 Å². The van der Waals surface area contributed by atoms with E-state index in [1.807, 2.05) is 42.5 Å². The Kier molecular flexibility index (Phi) is 5.80. The number of aliphatic carboxylic acids is 1. The molecule has 0 amide bonds. The van der Waals surface area contributed by atoms with Crippen molar-refractivity contribution in [1.82, 2.24) is 0 Å². The van der Waals surface area contributed by atoms with E-state index in [2.05, 4.69) is 0 Å². The molecule has 0 aliphatic carbocycles. The first-order valence-electron chi connectivity index (χ1n) is 8.12. The lowest BCUT2D eigenvalue weighted by atomic mass is 10.1. The van der Waals surface area contributed by atoms with E-state index in [9.17, 15) is 13.6 Å². The predicted octanol–water partition coefficient (Wildman–Crippen LogP) is 4.73. The number of carboxylic acids is 1. The van der Waals surface area contributed by atoms with Crippen LogP contribution >= 0.6 is 0 Å². The highest BCUT2D eigenvalue weighted by molar-refractivity contribution is 7.81. The molecule has 0 saturated carbocycles. The third kappa shape index (κ3) is 4.69. The zero-order chi connectivity index (χ0) is 19.2. The fourth-order valence-electron chi connectivity index (χ4n) is 2.64. The van der Waals surface area contributed by atoms with Crippen molar-refractivity contribution in [3.05, 3.63) is 90.5 Å². The number of carbonyl (C=O) groups is 1. The monoisotopic (exact) mass is 379 g/mol. The first kappa shape index (κ1) is 18.6. The Labute approximate surface area is 159 Å². The lowest BCUT2D eigenvalue weighted by Gasteiger charge is -2.20. The van der Waals surface area contributed by atoms with Gasteiger partial charge in [-0.3, -0.25) is 4.55 Å². The van der Waals surface area contributed by atoms with Crippen LogP contribution in [0.15, 0.2) is 84.9 Å². The molecule has 1 unspecified atom stereocenters. The normalized spacial score (nSPS) is 12.0. The fourth-order valence-corrected chi connectivity index (χ4v) is 3.24. The van der Waals surface area contributed by atoms with Crippen LogP contribution in [0.4, 0.5) is 11.4 Å². The standard InChI is InChI=1S/C21H17NO4S/c23-21(24)15-8-16-6-11-19(12-7-16)22(27(25)26)20-13-9-18(10-14-20)17-4-2-1-3-5-17/h1-15H,(H,23,24)(H,25,26). The minimum Gasteiger partial charge on any atom is -0.478 e. The summed E-state index contributed by atoms with van der Waals surface area (Å²) in [5, 5.41) is 8.68. The highest BCUT2D eigenvalue weighted by atomic mass is 32.2. The van der Waals surface area contributed by atoms with Gasteiger partial charge in [-0.15, -0.1) is 0 Å². The van der Waals surface area contributed by atoms with Gasteiger partial charge < -0.3 is 5.11 Å². The largest absolute Gasteiger partial charge is 0.478 e. The summed E-state index contributed by atoms with van der Waals surface area (Å²) in [7, 11) is 0. The Balaban J connectivity index is 1.87. The highest BCUT2D eigenvalue weighted by Gasteiger charge is 2.15. The van der Waals surface area contributed by atoms with E-state index in [4.69, 9.17) is 5.11 Å². The highest BCUT2D eigenvalue weighted by Crippen LogP contribution is 2.29. The van der Waals surface area contributed by atoms with Crippen molar-refractivity contribution >= 4 is 34.7 Å². The Hall–Kier alpha value is -3.22. The van der Waals surface area contributed by atoms with Crippen molar-refractivity contribution < 1.29 is 18.7 Å². The molecular weight excluding hydrogens is 362 g/mol. The molecule has 1 atom stereocenters. The van der Waals surface area contributed by atoms with Crippen LogP contribution in [0.25, 0.3) is 17.2 Å². The Bertz CT molecular complexity index is 967. The van der Waals surface area contributed by atoms with Crippen LogP contribution in [0.1, 0.15) is 5.56 Å². The summed E-state index contributed by atoms with van der Waals surface area (Å²) in [6.07, 6.45) is 2.50. The molecule has 5 nitrogen and oxygen atoms in total. The summed E-state index contributed by atoms with van der Waals surface area (Å²) in [6, 6.07) is 23.9. The van der Waals surface area contributed by atoms with Crippen molar-refractivity contribution in [2.45, 2.75) is 0 Å². The number of hydrogen-bond acceptors (Lipinski definition) is 2.